The Morgan fingerprint density at radius 2 is 2.11 bits per heavy atom. The van der Waals surface area contributed by atoms with E-state index in [0.29, 0.717) is 6.54 Å². The molecule has 1 aromatic carbocycles. The van der Waals surface area contributed by atoms with Gasteiger partial charge in [0.15, 0.2) is 0 Å². The fourth-order valence-corrected chi connectivity index (χ4v) is 2.30. The molecule has 0 atom stereocenters. The number of aromatic nitrogens is 1. The Bertz CT molecular complexity index is 602. The van der Waals surface area contributed by atoms with Crippen molar-refractivity contribution in [1.29, 1.82) is 5.26 Å². The zero-order chi connectivity index (χ0) is 13.9. The van der Waals surface area contributed by atoms with Gasteiger partial charge in [0, 0.05) is 24.8 Å². The number of nitrogens with zero attached hydrogens (tertiary/aromatic N) is 2. The largest absolute Gasteiger partial charge is 0.347 e. The summed E-state index contributed by atoms with van der Waals surface area (Å²) < 4.78 is 2.25. The van der Waals surface area contributed by atoms with Gasteiger partial charge in [-0.15, -0.1) is 0 Å². The highest BCUT2D eigenvalue weighted by Gasteiger charge is 2.15. The molecular weight excluding hydrogens is 234 g/mol. The van der Waals surface area contributed by atoms with Gasteiger partial charge in [0.1, 0.15) is 0 Å². The average molecular weight is 255 g/mol. The van der Waals surface area contributed by atoms with Crippen molar-refractivity contribution in [2.24, 2.45) is 11.1 Å². The van der Waals surface area contributed by atoms with E-state index in [1.54, 1.807) is 0 Å². The Balaban J connectivity index is 2.11. The number of hydrogen-bond acceptors (Lipinski definition) is 2. The van der Waals surface area contributed by atoms with Crippen LogP contribution in [0.1, 0.15) is 32.3 Å². The van der Waals surface area contributed by atoms with Crippen LogP contribution in [-0.4, -0.2) is 4.57 Å². The van der Waals surface area contributed by atoms with E-state index in [1.807, 2.05) is 13.8 Å². The van der Waals surface area contributed by atoms with E-state index in [-0.39, 0.29) is 5.41 Å². The van der Waals surface area contributed by atoms with Crippen LogP contribution in [0.4, 0.5) is 0 Å². The van der Waals surface area contributed by atoms with Crippen molar-refractivity contribution < 1.29 is 0 Å². The van der Waals surface area contributed by atoms with E-state index in [1.165, 1.54) is 10.9 Å². The zero-order valence-electron chi connectivity index (χ0n) is 11.7. The van der Waals surface area contributed by atoms with Crippen molar-refractivity contribution >= 4 is 10.9 Å². The van der Waals surface area contributed by atoms with Gasteiger partial charge < -0.3 is 10.3 Å². The summed E-state index contributed by atoms with van der Waals surface area (Å²) in [6.45, 7) is 5.51. The van der Waals surface area contributed by atoms with E-state index >= 15 is 0 Å². The highest BCUT2D eigenvalue weighted by molar-refractivity contribution is 5.80. The van der Waals surface area contributed by atoms with Crippen molar-refractivity contribution in [3.8, 4) is 6.07 Å². The fraction of sp³-hybridized carbons (Fsp3) is 0.438. The Labute approximate surface area is 114 Å². The zero-order valence-corrected chi connectivity index (χ0v) is 11.7. The first kappa shape index (κ1) is 13.6. The van der Waals surface area contributed by atoms with Crippen molar-refractivity contribution in [2.45, 2.75) is 39.8 Å². The van der Waals surface area contributed by atoms with Gasteiger partial charge >= 0.3 is 0 Å². The van der Waals surface area contributed by atoms with E-state index in [4.69, 9.17) is 11.0 Å². The molecule has 3 heteroatoms. The Morgan fingerprint density at radius 3 is 2.79 bits per heavy atom. The van der Waals surface area contributed by atoms with Crippen molar-refractivity contribution in [3.05, 3.63) is 36.0 Å². The second kappa shape index (κ2) is 5.46. The minimum absolute atomic E-state index is 0.231. The monoisotopic (exact) mass is 255 g/mol. The number of hydrogen-bond donors (Lipinski definition) is 1. The molecule has 3 nitrogen and oxygen atoms in total. The quantitative estimate of drug-likeness (QED) is 0.889. The molecule has 0 aliphatic heterocycles. The number of fused-ring (bicyclic) bond motifs is 1. The van der Waals surface area contributed by atoms with E-state index in [9.17, 15) is 0 Å². The third-order valence-electron chi connectivity index (χ3n) is 3.58. The molecule has 2 N–H and O–H groups in total. The van der Waals surface area contributed by atoms with Gasteiger partial charge in [-0.05, 0) is 49.8 Å². The molecule has 100 valence electrons. The van der Waals surface area contributed by atoms with Gasteiger partial charge in [-0.25, -0.2) is 0 Å². The summed E-state index contributed by atoms with van der Waals surface area (Å²) in [4.78, 5) is 0. The molecule has 0 aliphatic carbocycles. The molecule has 1 aromatic heterocycles. The lowest BCUT2D eigenvalue weighted by Gasteiger charge is -2.15. The van der Waals surface area contributed by atoms with Crippen LogP contribution in [0, 0.1) is 16.7 Å². The molecule has 0 aliphatic rings. The van der Waals surface area contributed by atoms with Gasteiger partial charge in [-0.2, -0.15) is 5.26 Å². The van der Waals surface area contributed by atoms with Gasteiger partial charge in [0.25, 0.3) is 0 Å². The van der Waals surface area contributed by atoms with E-state index in [2.05, 4.69) is 41.1 Å². The van der Waals surface area contributed by atoms with Crippen LogP contribution in [0.2, 0.25) is 0 Å². The predicted octanol–water partition coefficient (Wildman–Crippen LogP) is 3.43. The number of nitrogens with two attached hydrogens (primary N) is 1. The summed E-state index contributed by atoms with van der Waals surface area (Å²) in [7, 11) is 0. The van der Waals surface area contributed by atoms with Crippen LogP contribution in [0.25, 0.3) is 10.9 Å². The first-order chi connectivity index (χ1) is 9.05. The summed E-state index contributed by atoms with van der Waals surface area (Å²) in [6.07, 6.45) is 4.04. The van der Waals surface area contributed by atoms with E-state index < -0.39 is 0 Å². The van der Waals surface area contributed by atoms with Crippen LogP contribution >= 0.6 is 0 Å². The molecule has 0 saturated heterocycles. The molecule has 0 saturated carbocycles. The first-order valence-corrected chi connectivity index (χ1v) is 6.75. The van der Waals surface area contributed by atoms with Crippen LogP contribution in [-0.2, 0) is 13.1 Å². The molecule has 0 fully saturated rings. The Kier molecular flexibility index (Phi) is 3.92. The maximum absolute atomic E-state index is 9.02. The highest BCUT2D eigenvalue weighted by Crippen LogP contribution is 2.23. The molecule has 0 bridgehead atoms. The molecular formula is C16H21N3. The Morgan fingerprint density at radius 1 is 1.32 bits per heavy atom. The lowest BCUT2D eigenvalue weighted by Crippen LogP contribution is -2.09. The molecule has 19 heavy (non-hydrogen) atoms. The lowest BCUT2D eigenvalue weighted by molar-refractivity contribution is 0.418. The van der Waals surface area contributed by atoms with Crippen LogP contribution in [0.15, 0.2) is 30.5 Å². The van der Waals surface area contributed by atoms with Gasteiger partial charge in [-0.3, -0.25) is 0 Å². The van der Waals surface area contributed by atoms with Crippen molar-refractivity contribution in [2.75, 3.05) is 0 Å². The summed E-state index contributed by atoms with van der Waals surface area (Å²) in [5.41, 5.74) is 7.85. The SMILES string of the molecule is CC(C)(C#N)CCCn1ccc2ccc(CN)cc21. The van der Waals surface area contributed by atoms with Crippen LogP contribution < -0.4 is 5.73 Å². The molecule has 2 rings (SSSR count). The van der Waals surface area contributed by atoms with Gasteiger partial charge in [0.2, 0.25) is 0 Å². The average Bonchev–Trinajstić information content (AvgIpc) is 2.81. The number of rotatable bonds is 5. The molecule has 0 radical (unpaired) electrons. The van der Waals surface area contributed by atoms with Crippen molar-refractivity contribution in [1.82, 2.24) is 4.57 Å². The summed E-state index contributed by atoms with van der Waals surface area (Å²) in [5, 5.41) is 10.3. The fourth-order valence-electron chi connectivity index (χ4n) is 2.30. The summed E-state index contributed by atoms with van der Waals surface area (Å²) >= 11 is 0. The minimum Gasteiger partial charge on any atom is -0.347 e. The number of nitriles is 1. The van der Waals surface area contributed by atoms with Crippen LogP contribution in [0.5, 0.6) is 0 Å². The van der Waals surface area contributed by atoms with Crippen molar-refractivity contribution in [3.63, 3.8) is 0 Å². The first-order valence-electron chi connectivity index (χ1n) is 6.75. The van der Waals surface area contributed by atoms with E-state index in [0.717, 1.165) is 24.9 Å². The van der Waals surface area contributed by atoms with Gasteiger partial charge in [0.05, 0.1) is 11.5 Å². The standard InChI is InChI=1S/C16H21N3/c1-16(2,12-18)7-3-8-19-9-6-14-5-4-13(11-17)10-15(14)19/h4-6,9-10H,3,7-8,11,17H2,1-2H3. The second-order valence-electron chi connectivity index (χ2n) is 5.71. The smallest absolute Gasteiger partial charge is 0.0683 e. The molecule has 2 aromatic rings. The maximum Gasteiger partial charge on any atom is 0.0683 e. The molecule has 0 unspecified atom stereocenters. The summed E-state index contributed by atoms with van der Waals surface area (Å²) in [5.74, 6) is 0. The van der Waals surface area contributed by atoms with Crippen LogP contribution in [0.3, 0.4) is 0 Å². The molecule has 0 amide bonds. The second-order valence-corrected chi connectivity index (χ2v) is 5.71. The number of aryl methyl sites for hydroxylation is 1. The summed E-state index contributed by atoms with van der Waals surface area (Å²) in [6, 6.07) is 10.8. The third-order valence-corrected chi connectivity index (χ3v) is 3.58. The topological polar surface area (TPSA) is 54.7 Å². The van der Waals surface area contributed by atoms with Gasteiger partial charge in [-0.1, -0.05) is 12.1 Å². The lowest BCUT2D eigenvalue weighted by atomic mass is 9.90. The highest BCUT2D eigenvalue weighted by atomic mass is 14.9. The maximum atomic E-state index is 9.02. The third kappa shape index (κ3) is 3.15. The Hall–Kier alpha value is -1.79. The predicted molar refractivity (Wildman–Crippen MR) is 78.5 cm³/mol. The molecule has 0 spiro atoms. The minimum atomic E-state index is -0.231. The molecule has 1 heterocycles. The normalized spacial score (nSPS) is 11.7. The number of benzene rings is 1.